The summed E-state index contributed by atoms with van der Waals surface area (Å²) in [6.45, 7) is 4.64. The quantitative estimate of drug-likeness (QED) is 0.637. The fourth-order valence-electron chi connectivity index (χ4n) is 1.96. The summed E-state index contributed by atoms with van der Waals surface area (Å²) in [5, 5.41) is 2.68. The van der Waals surface area contributed by atoms with Crippen LogP contribution in [0.4, 0.5) is 4.79 Å². The lowest BCUT2D eigenvalue weighted by atomic mass is 10.0. The Kier molecular flexibility index (Phi) is 8.82. The van der Waals surface area contributed by atoms with Crippen LogP contribution in [0.15, 0.2) is 28.7 Å². The Balaban J connectivity index is 2.75. The van der Waals surface area contributed by atoms with Gasteiger partial charge in [0.2, 0.25) is 0 Å². The van der Waals surface area contributed by atoms with Gasteiger partial charge in [0.05, 0.1) is 0 Å². The number of unbranched alkanes of at least 4 members (excludes halogenated alkanes) is 2. The van der Waals surface area contributed by atoms with Crippen molar-refractivity contribution in [1.82, 2.24) is 5.32 Å². The normalized spacial score (nSPS) is 11.8. The SMILES string of the molecule is CCCCNC(=O)OC(C(=O)CCCC)c1ccc(Br)cc1. The van der Waals surface area contributed by atoms with Crippen LogP contribution in [0.2, 0.25) is 0 Å². The molecule has 0 radical (unpaired) electrons. The molecule has 0 aliphatic heterocycles. The van der Waals surface area contributed by atoms with Crippen molar-refractivity contribution < 1.29 is 14.3 Å². The largest absolute Gasteiger partial charge is 0.433 e. The van der Waals surface area contributed by atoms with Crippen LogP contribution in [0.1, 0.15) is 57.6 Å². The van der Waals surface area contributed by atoms with Crippen molar-refractivity contribution in [1.29, 1.82) is 0 Å². The molecule has 0 fully saturated rings. The van der Waals surface area contributed by atoms with E-state index in [2.05, 4.69) is 21.2 Å². The number of rotatable bonds is 9. The molecule has 1 aromatic carbocycles. The van der Waals surface area contributed by atoms with E-state index in [9.17, 15) is 9.59 Å². The summed E-state index contributed by atoms with van der Waals surface area (Å²) in [6.07, 6.45) is 2.66. The number of benzene rings is 1. The maximum Gasteiger partial charge on any atom is 0.408 e. The fraction of sp³-hybridized carbons (Fsp3) is 0.529. The van der Waals surface area contributed by atoms with Crippen LogP contribution in [-0.2, 0) is 9.53 Å². The molecule has 0 bridgehead atoms. The highest BCUT2D eigenvalue weighted by atomic mass is 79.9. The number of Topliss-reactive ketones (excluding diaryl/α,β-unsaturated/α-hetero) is 1. The van der Waals surface area contributed by atoms with Gasteiger partial charge < -0.3 is 10.1 Å². The van der Waals surface area contributed by atoms with E-state index in [0.29, 0.717) is 18.5 Å². The third kappa shape index (κ3) is 6.60. The van der Waals surface area contributed by atoms with Crippen LogP contribution >= 0.6 is 15.9 Å². The van der Waals surface area contributed by atoms with Crippen molar-refractivity contribution in [2.24, 2.45) is 0 Å². The number of nitrogens with one attached hydrogen (secondary N) is 1. The molecular formula is C17H24BrNO3. The third-order valence-corrected chi connectivity index (χ3v) is 3.80. The minimum atomic E-state index is -0.832. The van der Waals surface area contributed by atoms with Crippen LogP contribution in [0.5, 0.6) is 0 Å². The Morgan fingerprint density at radius 2 is 1.77 bits per heavy atom. The van der Waals surface area contributed by atoms with Gasteiger partial charge in [-0.2, -0.15) is 0 Å². The lowest BCUT2D eigenvalue weighted by Crippen LogP contribution is -2.29. The zero-order chi connectivity index (χ0) is 16.4. The van der Waals surface area contributed by atoms with Gasteiger partial charge in [0, 0.05) is 23.0 Å². The number of hydrogen-bond acceptors (Lipinski definition) is 3. The van der Waals surface area contributed by atoms with Gasteiger partial charge in [-0.15, -0.1) is 0 Å². The van der Waals surface area contributed by atoms with Crippen molar-refractivity contribution in [2.45, 2.75) is 52.1 Å². The molecule has 1 N–H and O–H groups in total. The summed E-state index contributed by atoms with van der Waals surface area (Å²) in [7, 11) is 0. The molecule has 22 heavy (non-hydrogen) atoms. The van der Waals surface area contributed by atoms with Crippen molar-refractivity contribution in [3.05, 3.63) is 34.3 Å². The van der Waals surface area contributed by atoms with E-state index in [1.807, 2.05) is 26.0 Å². The topological polar surface area (TPSA) is 55.4 Å². The second kappa shape index (κ2) is 10.4. The lowest BCUT2D eigenvalue weighted by molar-refractivity contribution is -0.127. The molecule has 1 rings (SSSR count). The smallest absolute Gasteiger partial charge is 0.408 e. The van der Waals surface area contributed by atoms with Crippen LogP contribution in [0.3, 0.4) is 0 Å². The summed E-state index contributed by atoms with van der Waals surface area (Å²) in [6, 6.07) is 7.29. The minimum Gasteiger partial charge on any atom is -0.433 e. The fourth-order valence-corrected chi connectivity index (χ4v) is 2.22. The van der Waals surface area contributed by atoms with E-state index in [0.717, 1.165) is 30.2 Å². The van der Waals surface area contributed by atoms with Gasteiger partial charge in [-0.1, -0.05) is 54.8 Å². The number of alkyl carbamates (subject to hydrolysis) is 1. The van der Waals surface area contributed by atoms with Gasteiger partial charge in [-0.25, -0.2) is 4.79 Å². The van der Waals surface area contributed by atoms with Gasteiger partial charge in [0.25, 0.3) is 0 Å². The summed E-state index contributed by atoms with van der Waals surface area (Å²) in [5.74, 6) is -0.0604. The van der Waals surface area contributed by atoms with Gasteiger partial charge in [-0.05, 0) is 25.0 Å². The highest BCUT2D eigenvalue weighted by Crippen LogP contribution is 2.23. The average Bonchev–Trinajstić information content (AvgIpc) is 2.51. The summed E-state index contributed by atoms with van der Waals surface area (Å²) < 4.78 is 6.29. The first-order valence-corrected chi connectivity index (χ1v) is 8.60. The third-order valence-electron chi connectivity index (χ3n) is 3.27. The van der Waals surface area contributed by atoms with E-state index in [-0.39, 0.29) is 5.78 Å². The average molecular weight is 370 g/mol. The van der Waals surface area contributed by atoms with Crippen molar-refractivity contribution in [3.63, 3.8) is 0 Å². The number of carbonyl (C=O) groups is 2. The Labute approximate surface area is 140 Å². The standard InChI is InChI=1S/C17H24BrNO3/c1-3-5-7-15(20)16(13-8-10-14(18)11-9-13)22-17(21)19-12-6-4-2/h8-11,16H,3-7,12H2,1-2H3,(H,19,21). The van der Waals surface area contributed by atoms with Crippen LogP contribution in [0, 0.1) is 0 Å². The van der Waals surface area contributed by atoms with E-state index < -0.39 is 12.2 Å². The molecule has 0 spiro atoms. The van der Waals surface area contributed by atoms with E-state index >= 15 is 0 Å². The highest BCUT2D eigenvalue weighted by Gasteiger charge is 2.24. The summed E-state index contributed by atoms with van der Waals surface area (Å²) in [5.41, 5.74) is 0.704. The van der Waals surface area contributed by atoms with Crippen molar-refractivity contribution in [3.8, 4) is 0 Å². The molecule has 1 atom stereocenters. The Bertz CT molecular complexity index is 473. The van der Waals surface area contributed by atoms with Crippen molar-refractivity contribution in [2.75, 3.05) is 6.54 Å². The predicted molar refractivity (Wildman–Crippen MR) is 90.8 cm³/mol. The number of ketones is 1. The molecule has 122 valence electrons. The van der Waals surface area contributed by atoms with Crippen LogP contribution in [-0.4, -0.2) is 18.4 Å². The maximum absolute atomic E-state index is 12.3. The summed E-state index contributed by atoms with van der Waals surface area (Å²) >= 11 is 3.36. The van der Waals surface area contributed by atoms with Gasteiger partial charge in [0.15, 0.2) is 11.9 Å². The van der Waals surface area contributed by atoms with Gasteiger partial charge in [0.1, 0.15) is 0 Å². The zero-order valence-corrected chi connectivity index (χ0v) is 14.8. The molecular weight excluding hydrogens is 346 g/mol. The molecule has 1 amide bonds. The molecule has 0 aromatic heterocycles. The van der Waals surface area contributed by atoms with Gasteiger partial charge in [-0.3, -0.25) is 4.79 Å². The monoisotopic (exact) mass is 369 g/mol. The molecule has 1 aromatic rings. The number of carbonyl (C=O) groups excluding carboxylic acids is 2. The molecule has 4 nitrogen and oxygen atoms in total. The Hall–Kier alpha value is -1.36. The molecule has 1 unspecified atom stereocenters. The minimum absolute atomic E-state index is 0.0604. The number of halogens is 1. The molecule has 0 aliphatic rings. The van der Waals surface area contributed by atoms with E-state index in [1.54, 1.807) is 12.1 Å². The highest BCUT2D eigenvalue weighted by molar-refractivity contribution is 9.10. The first-order valence-electron chi connectivity index (χ1n) is 7.81. The number of hydrogen-bond donors (Lipinski definition) is 1. The first kappa shape index (κ1) is 18.7. The maximum atomic E-state index is 12.3. The number of ether oxygens (including phenoxy) is 1. The zero-order valence-electron chi connectivity index (χ0n) is 13.2. The first-order chi connectivity index (χ1) is 10.6. The number of amides is 1. The molecule has 0 saturated carbocycles. The second-order valence-corrected chi connectivity index (χ2v) is 6.10. The summed E-state index contributed by atoms with van der Waals surface area (Å²) in [4.78, 5) is 24.2. The van der Waals surface area contributed by atoms with Crippen LogP contribution in [0.25, 0.3) is 0 Å². The second-order valence-electron chi connectivity index (χ2n) is 5.19. The Morgan fingerprint density at radius 1 is 1.14 bits per heavy atom. The lowest BCUT2D eigenvalue weighted by Gasteiger charge is -2.17. The molecule has 0 aliphatic carbocycles. The van der Waals surface area contributed by atoms with E-state index in [4.69, 9.17) is 4.74 Å². The van der Waals surface area contributed by atoms with Crippen molar-refractivity contribution >= 4 is 27.8 Å². The van der Waals surface area contributed by atoms with E-state index in [1.165, 1.54) is 0 Å². The van der Waals surface area contributed by atoms with Gasteiger partial charge >= 0.3 is 6.09 Å². The molecule has 5 heteroatoms. The molecule has 0 heterocycles. The predicted octanol–water partition coefficient (Wildman–Crippen LogP) is 4.78. The Morgan fingerprint density at radius 3 is 2.36 bits per heavy atom. The van der Waals surface area contributed by atoms with Crippen LogP contribution < -0.4 is 5.32 Å². The molecule has 0 saturated heterocycles.